The number of hydrogen-bond donors (Lipinski definition) is 2. The summed E-state index contributed by atoms with van der Waals surface area (Å²) in [5.74, 6) is 0.355. The molecule has 0 saturated carbocycles. The molecule has 0 unspecified atom stereocenters. The Morgan fingerprint density at radius 3 is 2.53 bits per heavy atom. The number of aromatic nitrogens is 3. The van der Waals surface area contributed by atoms with Gasteiger partial charge < -0.3 is 19.9 Å². The van der Waals surface area contributed by atoms with Gasteiger partial charge in [0.15, 0.2) is 0 Å². The van der Waals surface area contributed by atoms with E-state index in [1.165, 1.54) is 12.1 Å². The average molecular weight is 488 g/mol. The number of hydrogen-bond acceptors (Lipinski definition) is 4. The highest BCUT2D eigenvalue weighted by molar-refractivity contribution is 6.31. The lowest BCUT2D eigenvalue weighted by Gasteiger charge is -2.13. The predicted octanol–water partition coefficient (Wildman–Crippen LogP) is 6.59. The van der Waals surface area contributed by atoms with E-state index in [9.17, 15) is 18.0 Å². The smallest absolute Gasteiger partial charge is 0.417 e. The first-order chi connectivity index (χ1) is 16.2. The third-order valence-electron chi connectivity index (χ3n) is 4.59. The molecule has 0 spiro atoms. The molecule has 7 nitrogen and oxygen atoms in total. The van der Waals surface area contributed by atoms with Crippen LogP contribution in [0.4, 0.5) is 29.3 Å². The number of amides is 2. The quantitative estimate of drug-likeness (QED) is 0.333. The van der Waals surface area contributed by atoms with Crippen molar-refractivity contribution in [2.45, 2.75) is 6.18 Å². The molecular weight excluding hydrogens is 471 g/mol. The van der Waals surface area contributed by atoms with Crippen LogP contribution in [-0.4, -0.2) is 20.6 Å². The van der Waals surface area contributed by atoms with E-state index in [1.807, 2.05) is 30.1 Å². The minimum Gasteiger partial charge on any atom is -0.424 e. The number of carbonyl (C=O) groups is 1. The van der Waals surface area contributed by atoms with Crippen molar-refractivity contribution in [2.24, 2.45) is 7.05 Å². The van der Waals surface area contributed by atoms with Crippen molar-refractivity contribution in [3.05, 3.63) is 83.8 Å². The molecule has 0 saturated heterocycles. The number of carbonyl (C=O) groups excluding carboxylic acids is 1. The number of ether oxygens (including phenoxy) is 1. The summed E-state index contributed by atoms with van der Waals surface area (Å²) in [6.45, 7) is 0. The molecule has 2 aromatic heterocycles. The SMILES string of the molecule is Cn1ccc(-c2ccnc(Oc3cccc(NC(=O)Nc4ccc(Cl)c(C(F)(F)F)c4)c3)n2)c1. The molecule has 4 aromatic rings. The first-order valence-electron chi connectivity index (χ1n) is 9.85. The van der Waals surface area contributed by atoms with Crippen LogP contribution in [0.3, 0.4) is 0 Å². The number of nitrogens with zero attached hydrogens (tertiary/aromatic N) is 3. The minimum atomic E-state index is -4.64. The molecule has 0 atom stereocenters. The fraction of sp³-hybridized carbons (Fsp3) is 0.0870. The molecule has 2 N–H and O–H groups in total. The van der Waals surface area contributed by atoms with Crippen LogP contribution in [0.2, 0.25) is 5.02 Å². The Hall–Kier alpha value is -4.05. The third-order valence-corrected chi connectivity index (χ3v) is 4.92. The average Bonchev–Trinajstić information content (AvgIpc) is 3.21. The van der Waals surface area contributed by atoms with Gasteiger partial charge in [0.25, 0.3) is 0 Å². The Labute approximate surface area is 197 Å². The van der Waals surface area contributed by atoms with Crippen molar-refractivity contribution in [2.75, 3.05) is 10.6 Å². The Kier molecular flexibility index (Phi) is 6.42. The first-order valence-corrected chi connectivity index (χ1v) is 10.2. The molecule has 174 valence electrons. The van der Waals surface area contributed by atoms with Crippen LogP contribution < -0.4 is 15.4 Å². The number of halogens is 4. The van der Waals surface area contributed by atoms with Crippen molar-refractivity contribution < 1.29 is 22.7 Å². The Balaban J connectivity index is 1.44. The van der Waals surface area contributed by atoms with Gasteiger partial charge in [-0.15, -0.1) is 0 Å². The molecule has 2 aromatic carbocycles. The molecule has 11 heteroatoms. The fourth-order valence-corrected chi connectivity index (χ4v) is 3.29. The monoisotopic (exact) mass is 487 g/mol. The highest BCUT2D eigenvalue weighted by Gasteiger charge is 2.33. The van der Waals surface area contributed by atoms with Gasteiger partial charge in [0.05, 0.1) is 16.3 Å². The summed E-state index contributed by atoms with van der Waals surface area (Å²) < 4.78 is 46.7. The van der Waals surface area contributed by atoms with Crippen LogP contribution >= 0.6 is 11.6 Å². The highest BCUT2D eigenvalue weighted by Crippen LogP contribution is 2.36. The van der Waals surface area contributed by atoms with E-state index in [-0.39, 0.29) is 11.7 Å². The second kappa shape index (κ2) is 9.44. The summed E-state index contributed by atoms with van der Waals surface area (Å²) >= 11 is 5.60. The van der Waals surface area contributed by atoms with Gasteiger partial charge in [0, 0.05) is 48.6 Å². The van der Waals surface area contributed by atoms with Crippen molar-refractivity contribution >= 4 is 29.0 Å². The molecule has 0 aliphatic carbocycles. The molecule has 2 amide bonds. The van der Waals surface area contributed by atoms with Gasteiger partial charge in [-0.25, -0.2) is 9.78 Å². The summed E-state index contributed by atoms with van der Waals surface area (Å²) in [6.07, 6.45) is 0.734. The summed E-state index contributed by atoms with van der Waals surface area (Å²) in [5.41, 5.74) is 0.824. The van der Waals surface area contributed by atoms with Crippen LogP contribution in [0.15, 0.2) is 73.2 Å². The van der Waals surface area contributed by atoms with Crippen molar-refractivity contribution in [1.29, 1.82) is 0 Å². The molecule has 0 fully saturated rings. The highest BCUT2D eigenvalue weighted by atomic mass is 35.5. The van der Waals surface area contributed by atoms with E-state index in [4.69, 9.17) is 16.3 Å². The summed E-state index contributed by atoms with van der Waals surface area (Å²) in [7, 11) is 1.90. The molecule has 0 aliphatic heterocycles. The minimum absolute atomic E-state index is 0.0623. The first kappa shape index (κ1) is 23.1. The van der Waals surface area contributed by atoms with Gasteiger partial charge in [-0.05, 0) is 42.5 Å². The molecule has 0 bridgehead atoms. The number of anilines is 2. The zero-order valence-corrected chi connectivity index (χ0v) is 18.4. The van der Waals surface area contributed by atoms with Crippen molar-refractivity contribution in [1.82, 2.24) is 14.5 Å². The number of rotatable bonds is 5. The van der Waals surface area contributed by atoms with Crippen LogP contribution in [0.1, 0.15) is 5.56 Å². The zero-order chi connectivity index (χ0) is 24.3. The van der Waals surface area contributed by atoms with Crippen LogP contribution in [0.5, 0.6) is 11.8 Å². The maximum atomic E-state index is 13.0. The fourth-order valence-electron chi connectivity index (χ4n) is 3.06. The number of benzene rings is 2. The zero-order valence-electron chi connectivity index (χ0n) is 17.6. The number of urea groups is 1. The molecule has 4 rings (SSSR count). The van der Waals surface area contributed by atoms with Gasteiger partial charge in [0.2, 0.25) is 0 Å². The topological polar surface area (TPSA) is 81.1 Å². The van der Waals surface area contributed by atoms with Gasteiger partial charge in [-0.1, -0.05) is 17.7 Å². The lowest BCUT2D eigenvalue weighted by molar-refractivity contribution is -0.137. The van der Waals surface area contributed by atoms with E-state index in [1.54, 1.807) is 30.5 Å². The maximum Gasteiger partial charge on any atom is 0.417 e. The van der Waals surface area contributed by atoms with Crippen LogP contribution in [0.25, 0.3) is 11.3 Å². The third kappa shape index (κ3) is 5.65. The molecule has 0 radical (unpaired) electrons. The van der Waals surface area contributed by atoms with E-state index >= 15 is 0 Å². The second-order valence-corrected chi connectivity index (χ2v) is 7.60. The molecular formula is C23H17ClF3N5O2. The van der Waals surface area contributed by atoms with Crippen molar-refractivity contribution in [3.63, 3.8) is 0 Å². The normalized spacial score (nSPS) is 11.2. The molecule has 0 aliphatic rings. The Morgan fingerprint density at radius 1 is 1.06 bits per heavy atom. The van der Waals surface area contributed by atoms with E-state index in [2.05, 4.69) is 20.6 Å². The van der Waals surface area contributed by atoms with Crippen LogP contribution in [-0.2, 0) is 13.2 Å². The molecule has 34 heavy (non-hydrogen) atoms. The van der Waals surface area contributed by atoms with Gasteiger partial charge >= 0.3 is 18.2 Å². The largest absolute Gasteiger partial charge is 0.424 e. The van der Waals surface area contributed by atoms with Crippen LogP contribution in [0, 0.1) is 0 Å². The Bertz CT molecular complexity index is 1340. The van der Waals surface area contributed by atoms with E-state index in [0.717, 1.165) is 17.7 Å². The number of alkyl halides is 3. The van der Waals surface area contributed by atoms with E-state index < -0.39 is 22.8 Å². The number of nitrogens with one attached hydrogen (secondary N) is 2. The standard InChI is InChI=1S/C23H17ClF3N5O2/c1-32-10-8-14(13-32)20-7-9-28-22(31-20)34-17-4-2-3-15(11-17)29-21(33)30-16-5-6-19(24)18(12-16)23(25,26)27/h2-13H,1H3,(H2,29,30,33). The lowest BCUT2D eigenvalue weighted by Crippen LogP contribution is -2.20. The van der Waals surface area contributed by atoms with Crippen molar-refractivity contribution in [3.8, 4) is 23.0 Å². The van der Waals surface area contributed by atoms with E-state index in [0.29, 0.717) is 17.1 Å². The summed E-state index contributed by atoms with van der Waals surface area (Å²) in [6, 6.07) is 12.5. The summed E-state index contributed by atoms with van der Waals surface area (Å²) in [5, 5.41) is 4.44. The summed E-state index contributed by atoms with van der Waals surface area (Å²) in [4.78, 5) is 20.8. The second-order valence-electron chi connectivity index (χ2n) is 7.19. The lowest BCUT2D eigenvalue weighted by atomic mass is 10.2. The predicted molar refractivity (Wildman–Crippen MR) is 122 cm³/mol. The Morgan fingerprint density at radius 2 is 1.82 bits per heavy atom. The van der Waals surface area contributed by atoms with Gasteiger partial charge in [0.1, 0.15) is 5.75 Å². The molecule has 2 heterocycles. The van der Waals surface area contributed by atoms with Gasteiger partial charge in [-0.2, -0.15) is 18.2 Å². The van der Waals surface area contributed by atoms with Gasteiger partial charge in [-0.3, -0.25) is 0 Å². The number of aryl methyl sites for hydroxylation is 1. The maximum absolute atomic E-state index is 13.0.